The molecule has 3 fully saturated rings. The first-order valence-electron chi connectivity index (χ1n) is 10.1. The van der Waals surface area contributed by atoms with Crippen LogP contribution in [0.2, 0.25) is 0 Å². The van der Waals surface area contributed by atoms with Crippen LogP contribution in [-0.2, 0) is 14.3 Å². The third-order valence-corrected chi connectivity index (χ3v) is 8.53. The number of hydrogen-bond donors (Lipinski definition) is 0. The molecule has 3 heteroatoms. The lowest BCUT2D eigenvalue weighted by Gasteiger charge is -2.50. The van der Waals surface area contributed by atoms with E-state index < -0.39 is 0 Å². The molecule has 0 saturated heterocycles. The topological polar surface area (TPSA) is 43.4 Å². The Morgan fingerprint density at radius 3 is 2.48 bits per heavy atom. The number of ether oxygens (including phenoxy) is 1. The predicted octanol–water partition coefficient (Wildman–Crippen LogP) is 4.70. The van der Waals surface area contributed by atoms with Crippen LogP contribution in [0.5, 0.6) is 0 Å². The summed E-state index contributed by atoms with van der Waals surface area (Å²) in [7, 11) is 0. The van der Waals surface area contributed by atoms with Crippen molar-refractivity contribution in [1.82, 2.24) is 0 Å². The molecule has 0 aromatic rings. The molecule has 0 spiro atoms. The number of allylic oxidation sites excluding steroid dienone is 1. The van der Waals surface area contributed by atoms with Crippen molar-refractivity contribution < 1.29 is 14.3 Å². The third-order valence-electron chi connectivity index (χ3n) is 8.53. The van der Waals surface area contributed by atoms with Crippen molar-refractivity contribution in [2.24, 2.45) is 34.5 Å². The van der Waals surface area contributed by atoms with Gasteiger partial charge in [-0.15, -0.1) is 0 Å². The van der Waals surface area contributed by atoms with Gasteiger partial charge in [-0.1, -0.05) is 25.5 Å². The maximum Gasteiger partial charge on any atom is 0.302 e. The average molecular weight is 344 g/mol. The molecule has 0 bridgehead atoms. The van der Waals surface area contributed by atoms with Gasteiger partial charge < -0.3 is 4.74 Å². The van der Waals surface area contributed by atoms with Gasteiger partial charge in [0.1, 0.15) is 11.9 Å². The number of carbonyl (C=O) groups excluding carboxylic acids is 2. The Labute approximate surface area is 151 Å². The first-order chi connectivity index (χ1) is 11.8. The fraction of sp³-hybridized carbons (Fsp3) is 0.818. The lowest BCUT2D eigenvalue weighted by Crippen LogP contribution is -2.45. The van der Waals surface area contributed by atoms with E-state index in [2.05, 4.69) is 19.9 Å². The van der Waals surface area contributed by atoms with Gasteiger partial charge in [0.25, 0.3) is 0 Å². The minimum absolute atomic E-state index is 0.0666. The first kappa shape index (κ1) is 17.3. The molecule has 0 radical (unpaired) electrons. The SMILES string of the molecule is CC(=O)O[C@H]1CC[C@@]2(C)C(=CC3C4CCC(C(C)=O)[C@@]4(C)CCC32)C1. The summed E-state index contributed by atoms with van der Waals surface area (Å²) in [5.74, 6) is 2.51. The van der Waals surface area contributed by atoms with E-state index in [0.717, 1.165) is 31.6 Å². The van der Waals surface area contributed by atoms with Crippen molar-refractivity contribution in [3.63, 3.8) is 0 Å². The molecule has 3 nitrogen and oxygen atoms in total. The standard InChI is InChI=1S/C22H32O3/c1-13(23)18-5-6-19-17-12-15-11-16(25-14(2)24)7-9-21(15,3)20(17)8-10-22(18,19)4/h12,16-20H,5-11H2,1-4H3/t16-,17?,18?,19?,20?,21-,22+/m0/s1. The zero-order valence-corrected chi connectivity index (χ0v) is 16.1. The molecule has 0 heterocycles. The van der Waals surface area contributed by atoms with E-state index in [4.69, 9.17) is 4.74 Å². The molecule has 7 atom stereocenters. The smallest absolute Gasteiger partial charge is 0.302 e. The lowest BCUT2D eigenvalue weighted by molar-refractivity contribution is -0.148. The monoisotopic (exact) mass is 344 g/mol. The molecule has 4 aliphatic rings. The normalized spacial score (nSPS) is 48.2. The summed E-state index contributed by atoms with van der Waals surface area (Å²) >= 11 is 0. The molecule has 0 N–H and O–H groups in total. The lowest BCUT2D eigenvalue weighted by atomic mass is 9.54. The molecule has 3 saturated carbocycles. The van der Waals surface area contributed by atoms with E-state index >= 15 is 0 Å². The molecule has 4 unspecified atom stereocenters. The number of ketones is 1. The molecule has 25 heavy (non-hydrogen) atoms. The second-order valence-electron chi connectivity index (χ2n) is 9.66. The number of rotatable bonds is 2. The van der Waals surface area contributed by atoms with Crippen LogP contribution >= 0.6 is 0 Å². The van der Waals surface area contributed by atoms with Crippen molar-refractivity contribution in [3.8, 4) is 0 Å². The highest BCUT2D eigenvalue weighted by Gasteiger charge is 2.60. The zero-order chi connectivity index (χ0) is 18.0. The fourth-order valence-electron chi connectivity index (χ4n) is 7.29. The molecule has 138 valence electrons. The van der Waals surface area contributed by atoms with Crippen LogP contribution in [0.1, 0.15) is 72.6 Å². The highest BCUT2D eigenvalue weighted by atomic mass is 16.5. The molecule has 0 aliphatic heterocycles. The van der Waals surface area contributed by atoms with Gasteiger partial charge in [0.05, 0.1) is 0 Å². The van der Waals surface area contributed by atoms with Crippen LogP contribution in [-0.4, -0.2) is 17.9 Å². The number of hydrogen-bond acceptors (Lipinski definition) is 3. The minimum atomic E-state index is -0.155. The van der Waals surface area contributed by atoms with Crippen molar-refractivity contribution in [2.75, 3.05) is 0 Å². The van der Waals surface area contributed by atoms with E-state index in [-0.39, 0.29) is 28.8 Å². The summed E-state index contributed by atoms with van der Waals surface area (Å²) < 4.78 is 5.53. The van der Waals surface area contributed by atoms with E-state index in [0.29, 0.717) is 17.6 Å². The Morgan fingerprint density at radius 2 is 1.80 bits per heavy atom. The number of carbonyl (C=O) groups is 2. The summed E-state index contributed by atoms with van der Waals surface area (Å²) in [6.45, 7) is 8.15. The Morgan fingerprint density at radius 1 is 1.04 bits per heavy atom. The summed E-state index contributed by atoms with van der Waals surface area (Å²) in [5.41, 5.74) is 2.02. The van der Waals surface area contributed by atoms with Crippen molar-refractivity contribution >= 4 is 11.8 Å². The number of fused-ring (bicyclic) bond motifs is 5. The quantitative estimate of drug-likeness (QED) is 0.539. The highest BCUT2D eigenvalue weighted by Crippen LogP contribution is 2.67. The van der Waals surface area contributed by atoms with Crippen molar-refractivity contribution in [1.29, 1.82) is 0 Å². The van der Waals surface area contributed by atoms with Gasteiger partial charge in [0.15, 0.2) is 0 Å². The maximum atomic E-state index is 12.2. The average Bonchev–Trinajstić information content (AvgIpc) is 3.01. The molecule has 4 rings (SSSR count). The fourth-order valence-corrected chi connectivity index (χ4v) is 7.29. The van der Waals surface area contributed by atoms with Crippen LogP contribution in [0.4, 0.5) is 0 Å². The van der Waals surface area contributed by atoms with E-state index in [1.165, 1.54) is 31.8 Å². The Balaban J connectivity index is 1.61. The van der Waals surface area contributed by atoms with Gasteiger partial charge in [-0.25, -0.2) is 0 Å². The second kappa shape index (κ2) is 5.69. The molecule has 0 amide bonds. The van der Waals surface area contributed by atoms with Crippen LogP contribution in [0.25, 0.3) is 0 Å². The molecular formula is C22H32O3. The Hall–Kier alpha value is -1.12. The highest BCUT2D eigenvalue weighted by molar-refractivity contribution is 5.79. The second-order valence-corrected chi connectivity index (χ2v) is 9.66. The summed E-state index contributed by atoms with van der Waals surface area (Å²) in [6, 6.07) is 0. The maximum absolute atomic E-state index is 12.2. The molecule has 0 aromatic heterocycles. The number of Topliss-reactive ketones (excluding diaryl/α,β-unsaturated/α-hetero) is 1. The van der Waals surface area contributed by atoms with Gasteiger partial charge in [-0.3, -0.25) is 9.59 Å². The Bertz CT molecular complexity index is 635. The minimum Gasteiger partial charge on any atom is -0.462 e. The van der Waals surface area contributed by atoms with Gasteiger partial charge in [-0.05, 0) is 74.0 Å². The van der Waals surface area contributed by atoms with Gasteiger partial charge in [0, 0.05) is 19.3 Å². The summed E-state index contributed by atoms with van der Waals surface area (Å²) in [6.07, 6.45) is 10.4. The van der Waals surface area contributed by atoms with Crippen LogP contribution < -0.4 is 0 Å². The van der Waals surface area contributed by atoms with E-state index in [9.17, 15) is 9.59 Å². The van der Waals surface area contributed by atoms with Crippen molar-refractivity contribution in [2.45, 2.75) is 78.7 Å². The molecular weight excluding hydrogens is 312 g/mol. The summed E-state index contributed by atoms with van der Waals surface area (Å²) in [4.78, 5) is 23.5. The van der Waals surface area contributed by atoms with Crippen LogP contribution in [0, 0.1) is 34.5 Å². The zero-order valence-electron chi connectivity index (χ0n) is 16.1. The Kier molecular flexibility index (Phi) is 3.94. The summed E-state index contributed by atoms with van der Waals surface area (Å²) in [5, 5.41) is 0. The molecule has 4 aliphatic carbocycles. The molecule has 0 aromatic carbocycles. The van der Waals surface area contributed by atoms with Gasteiger partial charge in [-0.2, -0.15) is 0 Å². The largest absolute Gasteiger partial charge is 0.462 e. The van der Waals surface area contributed by atoms with Crippen LogP contribution in [0.3, 0.4) is 0 Å². The van der Waals surface area contributed by atoms with Crippen molar-refractivity contribution in [3.05, 3.63) is 11.6 Å². The van der Waals surface area contributed by atoms with Crippen LogP contribution in [0.15, 0.2) is 11.6 Å². The number of esters is 1. The first-order valence-corrected chi connectivity index (χ1v) is 10.1. The van der Waals surface area contributed by atoms with Gasteiger partial charge in [0.2, 0.25) is 0 Å². The third kappa shape index (κ3) is 2.44. The van der Waals surface area contributed by atoms with E-state index in [1.807, 2.05) is 0 Å². The van der Waals surface area contributed by atoms with E-state index in [1.54, 1.807) is 6.92 Å². The predicted molar refractivity (Wildman–Crippen MR) is 96.8 cm³/mol. The van der Waals surface area contributed by atoms with Gasteiger partial charge >= 0.3 is 5.97 Å².